The van der Waals surface area contributed by atoms with Crippen LogP contribution >= 0.6 is 0 Å². The van der Waals surface area contributed by atoms with Crippen molar-refractivity contribution in [1.82, 2.24) is 4.57 Å². The summed E-state index contributed by atoms with van der Waals surface area (Å²) in [6.45, 7) is 6.82. The average Bonchev–Trinajstić information content (AvgIpc) is 3.19. The van der Waals surface area contributed by atoms with Crippen molar-refractivity contribution in [2.24, 2.45) is 11.1 Å². The molecule has 266 valence electrons. The van der Waals surface area contributed by atoms with Gasteiger partial charge in [-0.2, -0.15) is 13.2 Å². The van der Waals surface area contributed by atoms with E-state index in [1.54, 1.807) is 12.1 Å². The van der Waals surface area contributed by atoms with Gasteiger partial charge in [-0.25, -0.2) is 0 Å². The molecule has 0 saturated heterocycles. The predicted molar refractivity (Wildman–Crippen MR) is 169 cm³/mol. The Bertz CT molecular complexity index is 1560. The summed E-state index contributed by atoms with van der Waals surface area (Å²) in [5.74, 6) is -2.15. The smallest absolute Gasteiger partial charge is 0.418 e. The number of nitrogens with zero attached hydrogens (tertiary/aromatic N) is 2. The molecule has 48 heavy (non-hydrogen) atoms. The Hall–Kier alpha value is -3.58. The van der Waals surface area contributed by atoms with Crippen molar-refractivity contribution in [1.29, 1.82) is 0 Å². The number of likely N-dealkylation sites (N-methyl/N-ethyl adjacent to an activating group) is 1. The van der Waals surface area contributed by atoms with E-state index in [1.807, 2.05) is 35.0 Å². The fourth-order valence-corrected chi connectivity index (χ4v) is 6.91. The number of halogens is 4. The van der Waals surface area contributed by atoms with Gasteiger partial charge in [0.15, 0.2) is 11.9 Å². The summed E-state index contributed by atoms with van der Waals surface area (Å²) in [4.78, 5) is 49.7. The highest BCUT2D eigenvalue weighted by Crippen LogP contribution is 2.45. The van der Waals surface area contributed by atoms with Gasteiger partial charge in [-0.1, -0.05) is 13.8 Å². The zero-order valence-corrected chi connectivity index (χ0v) is 29.3. The summed E-state index contributed by atoms with van der Waals surface area (Å²) in [6.07, 6.45) is -3.17. The molecule has 3 N–H and O–H groups in total. The highest BCUT2D eigenvalue weighted by molar-refractivity contribution is 6.01. The van der Waals surface area contributed by atoms with E-state index < -0.39 is 46.9 Å². The molecule has 1 aromatic carbocycles. The number of nitrogens with two attached hydrogens (primary N) is 1. The molecular formula is C34H46ClF3N4O6. The van der Waals surface area contributed by atoms with Crippen molar-refractivity contribution in [3.63, 3.8) is 0 Å². The molecule has 1 fully saturated rings. The lowest BCUT2D eigenvalue weighted by molar-refractivity contribution is -0.873. The molecule has 0 bridgehead atoms. The van der Waals surface area contributed by atoms with Gasteiger partial charge in [0.1, 0.15) is 12.6 Å². The van der Waals surface area contributed by atoms with Crippen LogP contribution in [0.5, 0.6) is 0 Å². The van der Waals surface area contributed by atoms with E-state index in [-0.39, 0.29) is 60.6 Å². The number of carbonyl (C=O) groups excluding carboxylic acids is 4. The lowest BCUT2D eigenvalue weighted by Gasteiger charge is -2.31. The molecule has 1 heterocycles. The van der Waals surface area contributed by atoms with Gasteiger partial charge in [0.25, 0.3) is 5.91 Å². The van der Waals surface area contributed by atoms with Gasteiger partial charge in [0, 0.05) is 42.1 Å². The van der Waals surface area contributed by atoms with Crippen LogP contribution < -0.4 is 23.5 Å². The number of fused-ring (bicyclic) bond motifs is 1. The highest BCUT2D eigenvalue weighted by atomic mass is 35.5. The third kappa shape index (κ3) is 9.31. The van der Waals surface area contributed by atoms with Crippen molar-refractivity contribution in [3.05, 3.63) is 46.3 Å². The molecule has 2 aliphatic rings. The van der Waals surface area contributed by atoms with Crippen LogP contribution in [0.25, 0.3) is 5.69 Å². The first-order valence-corrected chi connectivity index (χ1v) is 15.9. The molecule has 0 spiro atoms. The van der Waals surface area contributed by atoms with E-state index in [0.29, 0.717) is 53.8 Å². The number of esters is 2. The van der Waals surface area contributed by atoms with Crippen LogP contribution in [0.15, 0.2) is 18.2 Å². The van der Waals surface area contributed by atoms with Gasteiger partial charge >= 0.3 is 18.1 Å². The van der Waals surface area contributed by atoms with Gasteiger partial charge < -0.3 is 42.0 Å². The summed E-state index contributed by atoms with van der Waals surface area (Å²) >= 11 is 0. The van der Waals surface area contributed by atoms with Crippen LogP contribution in [0.1, 0.15) is 97.0 Å². The van der Waals surface area contributed by atoms with Crippen LogP contribution in [0, 0.1) is 12.3 Å². The number of ether oxygens (including phenoxy) is 2. The Kier molecular flexibility index (Phi) is 11.7. The number of benzene rings is 1. The molecule has 14 heteroatoms. The van der Waals surface area contributed by atoms with Crippen molar-refractivity contribution >= 4 is 29.3 Å². The van der Waals surface area contributed by atoms with Crippen LogP contribution in [-0.2, 0) is 31.7 Å². The maximum atomic E-state index is 14.3. The zero-order chi connectivity index (χ0) is 35.1. The normalized spacial score (nSPS) is 19.8. The number of hydrogen-bond acceptors (Lipinski definition) is 7. The number of alkyl halides is 3. The van der Waals surface area contributed by atoms with Gasteiger partial charge in [0.05, 0.1) is 44.3 Å². The van der Waals surface area contributed by atoms with Gasteiger partial charge in [-0.3, -0.25) is 19.2 Å². The van der Waals surface area contributed by atoms with Crippen LogP contribution in [0.4, 0.5) is 18.9 Å². The molecule has 1 saturated carbocycles. The first-order valence-electron chi connectivity index (χ1n) is 15.9. The van der Waals surface area contributed by atoms with Crippen molar-refractivity contribution in [2.75, 3.05) is 33.0 Å². The summed E-state index contributed by atoms with van der Waals surface area (Å²) in [5.41, 5.74) is 5.08. The molecule has 10 nitrogen and oxygen atoms in total. The number of carbonyl (C=O) groups is 4. The Morgan fingerprint density at radius 3 is 2.27 bits per heavy atom. The lowest BCUT2D eigenvalue weighted by Crippen LogP contribution is -3.00. The van der Waals surface area contributed by atoms with Crippen LogP contribution in [0.2, 0.25) is 0 Å². The Morgan fingerprint density at radius 2 is 1.73 bits per heavy atom. The molecule has 2 aliphatic carbocycles. The van der Waals surface area contributed by atoms with E-state index in [9.17, 15) is 32.3 Å². The second-order valence-corrected chi connectivity index (χ2v) is 14.7. The van der Waals surface area contributed by atoms with E-state index >= 15 is 0 Å². The predicted octanol–water partition coefficient (Wildman–Crippen LogP) is 2.36. The third-order valence-corrected chi connectivity index (χ3v) is 8.69. The molecule has 1 atom stereocenters. The fourth-order valence-electron chi connectivity index (χ4n) is 6.91. The number of rotatable bonds is 10. The number of anilines is 1. The number of amides is 1. The standard InChI is InChI=1S/C34H45F3N4O6.ClH/c1-19-31(34(35,36)37)30-27(16-33(3,4)17-28(30)43)40(19)22-10-13-25(32(38)45)26(14-22)39-21-8-11-23(12-9-21)47-29(44)15-24(46-20(2)42)18-41(5,6)7;/h10,13-14,21,23-24H,8-9,11-12,15-18H2,1-7H3,(H2-,38,39,45);1H. The Balaban J connectivity index is 0.00000625. The van der Waals surface area contributed by atoms with Crippen molar-refractivity contribution in [2.45, 2.75) is 97.1 Å². The maximum absolute atomic E-state index is 14.3. The first-order chi connectivity index (χ1) is 21.6. The van der Waals surface area contributed by atoms with E-state index in [0.717, 1.165) is 0 Å². The van der Waals surface area contributed by atoms with E-state index in [4.69, 9.17) is 15.2 Å². The second kappa shape index (κ2) is 14.5. The molecule has 2 aromatic rings. The molecule has 1 amide bonds. The Morgan fingerprint density at radius 1 is 1.10 bits per heavy atom. The zero-order valence-electron chi connectivity index (χ0n) is 28.6. The fraction of sp³-hybridized carbons (Fsp3) is 0.588. The third-order valence-electron chi connectivity index (χ3n) is 8.69. The SMILES string of the molecule is CC(=O)OC(CC(=O)OC1CCC(Nc2cc(-n3c(C)c(C(F)(F)F)c4c3CC(C)(C)CC4=O)ccc2C(N)=O)CC1)C[N+](C)(C)C.[Cl-]. The largest absolute Gasteiger partial charge is 1.00 e. The van der Waals surface area contributed by atoms with Gasteiger partial charge in [-0.05, 0) is 62.6 Å². The van der Waals surface area contributed by atoms with E-state index in [2.05, 4.69) is 5.32 Å². The summed E-state index contributed by atoms with van der Waals surface area (Å²) in [5, 5.41) is 3.35. The van der Waals surface area contributed by atoms with E-state index in [1.165, 1.54) is 24.5 Å². The van der Waals surface area contributed by atoms with Crippen LogP contribution in [-0.4, -0.2) is 78.6 Å². The lowest BCUT2D eigenvalue weighted by atomic mass is 9.75. The summed E-state index contributed by atoms with van der Waals surface area (Å²) in [7, 11) is 5.80. The first kappa shape index (κ1) is 38.9. The molecular weight excluding hydrogens is 653 g/mol. The quantitative estimate of drug-likeness (QED) is 0.288. The molecule has 4 rings (SSSR count). The number of quaternary nitrogens is 1. The number of primary amides is 1. The minimum atomic E-state index is -4.72. The molecule has 0 radical (unpaired) electrons. The second-order valence-electron chi connectivity index (χ2n) is 14.7. The topological polar surface area (TPSA) is 130 Å². The number of hydrogen-bond donors (Lipinski definition) is 2. The summed E-state index contributed by atoms with van der Waals surface area (Å²) < 4.78 is 55.9. The van der Waals surface area contributed by atoms with Crippen LogP contribution in [0.3, 0.4) is 0 Å². The molecule has 1 unspecified atom stereocenters. The number of nitrogens with one attached hydrogen (secondary N) is 1. The molecule has 0 aliphatic heterocycles. The van der Waals surface area contributed by atoms with Gasteiger partial charge in [-0.15, -0.1) is 0 Å². The van der Waals surface area contributed by atoms with Crippen molar-refractivity contribution in [3.8, 4) is 5.69 Å². The molecule has 1 aromatic heterocycles. The monoisotopic (exact) mass is 698 g/mol. The minimum Gasteiger partial charge on any atom is -1.00 e. The number of aromatic nitrogens is 1. The summed E-state index contributed by atoms with van der Waals surface area (Å²) in [6, 6.07) is 4.51. The van der Waals surface area contributed by atoms with Gasteiger partial charge in [0.2, 0.25) is 0 Å². The average molecular weight is 699 g/mol. The number of ketones is 1. The maximum Gasteiger partial charge on any atom is 0.418 e. The van der Waals surface area contributed by atoms with Crippen molar-refractivity contribution < 1.29 is 58.7 Å². The highest BCUT2D eigenvalue weighted by Gasteiger charge is 2.45. The number of Topliss-reactive ketones (excluding diaryl/α,β-unsaturated/α-hetero) is 1. The Labute approximate surface area is 285 Å². The minimum absolute atomic E-state index is 0.